The highest BCUT2D eigenvalue weighted by molar-refractivity contribution is 7.89. The van der Waals surface area contributed by atoms with E-state index < -0.39 is 16.1 Å². The van der Waals surface area contributed by atoms with Crippen LogP contribution in [0.1, 0.15) is 44.6 Å². The number of aromatic nitrogens is 2. The van der Waals surface area contributed by atoms with Crippen LogP contribution >= 0.6 is 0 Å². The molecule has 41 heavy (non-hydrogen) atoms. The Balaban J connectivity index is 1.56. The van der Waals surface area contributed by atoms with Gasteiger partial charge >= 0.3 is 0 Å². The lowest BCUT2D eigenvalue weighted by Gasteiger charge is -2.30. The van der Waals surface area contributed by atoms with Crippen molar-refractivity contribution in [3.63, 3.8) is 0 Å². The normalized spacial score (nSPS) is 12.8. The van der Waals surface area contributed by atoms with Crippen molar-refractivity contribution in [3.05, 3.63) is 77.8 Å². The van der Waals surface area contributed by atoms with Crippen LogP contribution in [-0.2, 0) is 34.9 Å². The van der Waals surface area contributed by atoms with Gasteiger partial charge in [-0.3, -0.25) is 9.48 Å². The largest absolute Gasteiger partial charge is 0.487 e. The molecule has 0 saturated carbocycles. The third-order valence-electron chi connectivity index (χ3n) is 6.66. The lowest BCUT2D eigenvalue weighted by Crippen LogP contribution is -2.51. The fraction of sp³-hybridized carbons (Fsp3) is 0.419. The van der Waals surface area contributed by atoms with Gasteiger partial charge in [0.25, 0.3) is 0 Å². The van der Waals surface area contributed by atoms with Crippen molar-refractivity contribution in [2.24, 2.45) is 18.9 Å². The quantitative estimate of drug-likeness (QED) is 0.236. The standard InChI is InChI=1S/C31H40N4O5S/c1-21(2)18-35(19-22(3)4)31(36)29(33-41(37,38)28-12-9-25-13-14-39-30(25)17-28)16-24-7-10-27(11-8-24)40-20-26-15-23(5)32-34(26)6/h7-15,17,21-22,29,33H,16,18-20H2,1-6H3/t29-/m0/s1. The molecular formula is C31H40N4O5S. The summed E-state index contributed by atoms with van der Waals surface area (Å²) in [5.41, 5.74) is 3.15. The highest BCUT2D eigenvalue weighted by Crippen LogP contribution is 2.22. The third-order valence-corrected chi connectivity index (χ3v) is 8.13. The SMILES string of the molecule is Cc1cc(COc2ccc(C[C@H](NS(=O)(=O)c3ccc4ccoc4c3)C(=O)N(CC(C)C)CC(C)C)cc2)n(C)n1. The van der Waals surface area contributed by atoms with Crippen molar-refractivity contribution in [3.8, 4) is 5.75 Å². The van der Waals surface area contributed by atoms with E-state index in [9.17, 15) is 13.2 Å². The summed E-state index contributed by atoms with van der Waals surface area (Å²) in [7, 11) is -2.15. The fourth-order valence-corrected chi connectivity index (χ4v) is 6.01. The van der Waals surface area contributed by atoms with E-state index in [1.807, 2.05) is 72.0 Å². The molecule has 0 radical (unpaired) electrons. The second kappa shape index (κ2) is 12.9. The molecule has 0 aliphatic carbocycles. The number of fused-ring (bicyclic) bond motifs is 1. The topological polar surface area (TPSA) is 107 Å². The number of ether oxygens (including phenoxy) is 1. The number of sulfonamides is 1. The number of aryl methyl sites for hydroxylation is 2. The van der Waals surface area contributed by atoms with Gasteiger partial charge in [-0.05, 0) is 67.1 Å². The monoisotopic (exact) mass is 580 g/mol. The molecule has 0 bridgehead atoms. The average Bonchev–Trinajstić information content (AvgIpc) is 3.51. The van der Waals surface area contributed by atoms with E-state index in [1.54, 1.807) is 21.7 Å². The lowest BCUT2D eigenvalue weighted by atomic mass is 10.0. The summed E-state index contributed by atoms with van der Waals surface area (Å²) in [5, 5.41) is 5.14. The number of benzene rings is 2. The molecule has 2 aromatic heterocycles. The first kappa shape index (κ1) is 30.3. The van der Waals surface area contributed by atoms with E-state index in [4.69, 9.17) is 9.15 Å². The van der Waals surface area contributed by atoms with Crippen LogP contribution in [0, 0.1) is 18.8 Å². The number of nitrogens with one attached hydrogen (secondary N) is 1. The number of rotatable bonds is 13. The van der Waals surface area contributed by atoms with Crippen LogP contribution in [0.3, 0.4) is 0 Å². The number of hydrogen-bond acceptors (Lipinski definition) is 6. The second-order valence-corrected chi connectivity index (χ2v) is 13.1. The van der Waals surface area contributed by atoms with Crippen LogP contribution in [0.4, 0.5) is 0 Å². The van der Waals surface area contributed by atoms with Gasteiger partial charge in [-0.1, -0.05) is 39.8 Å². The van der Waals surface area contributed by atoms with Gasteiger partial charge in [0.2, 0.25) is 15.9 Å². The Morgan fingerprint density at radius 3 is 2.32 bits per heavy atom. The van der Waals surface area contributed by atoms with Crippen LogP contribution in [0.15, 0.2) is 70.2 Å². The van der Waals surface area contributed by atoms with Gasteiger partial charge in [0.15, 0.2) is 0 Å². The van der Waals surface area contributed by atoms with E-state index in [2.05, 4.69) is 9.82 Å². The predicted molar refractivity (Wildman–Crippen MR) is 159 cm³/mol. The fourth-order valence-electron chi connectivity index (χ4n) is 4.81. The smallest absolute Gasteiger partial charge is 0.241 e. The second-order valence-electron chi connectivity index (χ2n) is 11.4. The number of nitrogens with zero attached hydrogens (tertiary/aromatic N) is 3. The lowest BCUT2D eigenvalue weighted by molar-refractivity contribution is -0.134. The van der Waals surface area contributed by atoms with Crippen LogP contribution < -0.4 is 9.46 Å². The number of furan rings is 1. The summed E-state index contributed by atoms with van der Waals surface area (Å²) in [6.07, 6.45) is 1.71. The molecule has 0 fully saturated rings. The first-order valence-electron chi connectivity index (χ1n) is 13.9. The molecule has 9 nitrogen and oxygen atoms in total. The van der Waals surface area contributed by atoms with Gasteiger partial charge < -0.3 is 14.1 Å². The summed E-state index contributed by atoms with van der Waals surface area (Å²) < 4.78 is 42.9. The molecule has 0 aliphatic rings. The molecule has 2 aromatic carbocycles. The molecule has 0 aliphatic heterocycles. The number of hydrogen-bond donors (Lipinski definition) is 1. The minimum absolute atomic E-state index is 0.0474. The molecule has 10 heteroatoms. The van der Waals surface area contributed by atoms with Crippen LogP contribution in [0.5, 0.6) is 5.75 Å². The van der Waals surface area contributed by atoms with Gasteiger partial charge in [-0.2, -0.15) is 9.82 Å². The Bertz CT molecular complexity index is 1560. The Labute approximate surface area is 242 Å². The van der Waals surface area contributed by atoms with E-state index in [-0.39, 0.29) is 29.1 Å². The maximum Gasteiger partial charge on any atom is 0.241 e. The van der Waals surface area contributed by atoms with E-state index in [0.717, 1.165) is 22.3 Å². The van der Waals surface area contributed by atoms with Gasteiger partial charge in [0, 0.05) is 31.6 Å². The van der Waals surface area contributed by atoms with Gasteiger partial charge in [-0.25, -0.2) is 8.42 Å². The summed E-state index contributed by atoms with van der Waals surface area (Å²) >= 11 is 0. The zero-order valence-electron chi connectivity index (χ0n) is 24.6. The number of carbonyl (C=O) groups is 1. The molecular weight excluding hydrogens is 540 g/mol. The number of carbonyl (C=O) groups excluding carboxylic acids is 1. The summed E-state index contributed by atoms with van der Waals surface area (Å²) in [5.74, 6) is 0.887. The van der Waals surface area contributed by atoms with Crippen LogP contribution in [-0.4, -0.2) is 48.1 Å². The Morgan fingerprint density at radius 2 is 1.71 bits per heavy atom. The first-order valence-corrected chi connectivity index (χ1v) is 15.4. The van der Waals surface area contributed by atoms with Crippen molar-refractivity contribution >= 4 is 26.9 Å². The maximum absolute atomic E-state index is 13.9. The van der Waals surface area contributed by atoms with Gasteiger partial charge in [-0.15, -0.1) is 0 Å². The first-order chi connectivity index (χ1) is 19.4. The highest BCUT2D eigenvalue weighted by Gasteiger charge is 2.30. The van der Waals surface area contributed by atoms with Crippen molar-refractivity contribution in [2.75, 3.05) is 13.1 Å². The molecule has 1 N–H and O–H groups in total. The molecule has 0 saturated heterocycles. The summed E-state index contributed by atoms with van der Waals surface area (Å²) in [6, 6.07) is 14.8. The molecule has 4 rings (SSSR count). The van der Waals surface area contributed by atoms with Crippen molar-refractivity contribution in [1.82, 2.24) is 19.4 Å². The molecule has 220 valence electrons. The van der Waals surface area contributed by atoms with Crippen LogP contribution in [0.2, 0.25) is 0 Å². The zero-order valence-corrected chi connectivity index (χ0v) is 25.4. The predicted octanol–water partition coefficient (Wildman–Crippen LogP) is 5.08. The Morgan fingerprint density at radius 1 is 1.02 bits per heavy atom. The maximum atomic E-state index is 13.9. The Hall–Kier alpha value is -3.63. The minimum Gasteiger partial charge on any atom is -0.487 e. The highest BCUT2D eigenvalue weighted by atomic mass is 32.2. The third kappa shape index (κ3) is 7.98. The molecule has 1 atom stereocenters. The molecule has 1 amide bonds. The average molecular weight is 581 g/mol. The van der Waals surface area contributed by atoms with Gasteiger partial charge in [0.1, 0.15) is 24.0 Å². The number of amides is 1. The van der Waals surface area contributed by atoms with E-state index >= 15 is 0 Å². The molecule has 0 unspecified atom stereocenters. The Kier molecular flexibility index (Phi) is 9.55. The van der Waals surface area contributed by atoms with Crippen molar-refractivity contribution in [2.45, 2.75) is 58.6 Å². The summed E-state index contributed by atoms with van der Waals surface area (Å²) in [4.78, 5) is 15.7. The molecule has 2 heterocycles. The van der Waals surface area contributed by atoms with E-state index in [1.165, 1.54) is 18.4 Å². The van der Waals surface area contributed by atoms with Gasteiger partial charge in [0.05, 0.1) is 22.5 Å². The summed E-state index contributed by atoms with van der Waals surface area (Å²) in [6.45, 7) is 11.6. The van der Waals surface area contributed by atoms with Crippen molar-refractivity contribution < 1.29 is 22.4 Å². The minimum atomic E-state index is -4.02. The zero-order chi connectivity index (χ0) is 29.7. The molecule has 0 spiro atoms. The molecule has 4 aromatic rings. The van der Waals surface area contributed by atoms with Crippen molar-refractivity contribution in [1.29, 1.82) is 0 Å². The van der Waals surface area contributed by atoms with Crippen LogP contribution in [0.25, 0.3) is 11.0 Å². The van der Waals surface area contributed by atoms with E-state index in [0.29, 0.717) is 31.0 Å².